The van der Waals surface area contributed by atoms with Crippen LogP contribution < -0.4 is 15.0 Å². The fourth-order valence-corrected chi connectivity index (χ4v) is 2.27. The van der Waals surface area contributed by atoms with Crippen LogP contribution in [-0.4, -0.2) is 44.4 Å². The number of aromatic nitrogens is 1. The lowest BCUT2D eigenvalue weighted by Crippen LogP contribution is -2.14. The van der Waals surface area contributed by atoms with Gasteiger partial charge in [0.15, 0.2) is 5.13 Å². The number of unbranched alkanes of at least 4 members (excludes halogenated alkanes) is 1. The molecule has 0 aliphatic heterocycles. The number of nitrogens with one attached hydrogen (secondary N) is 1. The fraction of sp³-hybridized carbons (Fsp3) is 0.727. The van der Waals surface area contributed by atoms with Gasteiger partial charge < -0.3 is 20.1 Å². The zero-order chi connectivity index (χ0) is 12.7. The van der Waals surface area contributed by atoms with E-state index >= 15 is 0 Å². The summed E-state index contributed by atoms with van der Waals surface area (Å²) < 4.78 is 5.25. The number of aliphatic hydroxyl groups is 1. The maximum Gasteiger partial charge on any atom is 0.230 e. The minimum atomic E-state index is 0.260. The van der Waals surface area contributed by atoms with Gasteiger partial charge in [-0.25, -0.2) is 0 Å². The second-order valence-electron chi connectivity index (χ2n) is 3.93. The van der Waals surface area contributed by atoms with Crippen LogP contribution in [0.2, 0.25) is 0 Å². The monoisotopic (exact) mass is 259 g/mol. The van der Waals surface area contributed by atoms with Crippen molar-refractivity contribution in [3.8, 4) is 5.88 Å². The van der Waals surface area contributed by atoms with E-state index in [0.29, 0.717) is 5.88 Å². The van der Waals surface area contributed by atoms with Crippen molar-refractivity contribution in [1.29, 1.82) is 0 Å². The minimum absolute atomic E-state index is 0.260. The molecule has 0 aliphatic carbocycles. The number of aliphatic hydroxyl groups excluding tert-OH is 1. The lowest BCUT2D eigenvalue weighted by atomic mass is 10.3. The second kappa shape index (κ2) is 7.47. The van der Waals surface area contributed by atoms with Gasteiger partial charge in [-0.15, -0.1) is 0 Å². The van der Waals surface area contributed by atoms with Crippen molar-refractivity contribution in [2.75, 3.05) is 39.3 Å². The van der Waals surface area contributed by atoms with Gasteiger partial charge in [-0.3, -0.25) is 0 Å². The van der Waals surface area contributed by atoms with Crippen LogP contribution in [0.1, 0.15) is 17.7 Å². The maximum atomic E-state index is 8.67. The molecule has 0 fully saturated rings. The first-order chi connectivity index (χ1) is 8.19. The van der Waals surface area contributed by atoms with E-state index in [0.717, 1.165) is 35.9 Å². The number of methoxy groups -OCH3 is 1. The molecule has 17 heavy (non-hydrogen) atoms. The molecular weight excluding hydrogens is 238 g/mol. The largest absolute Gasteiger partial charge is 0.480 e. The van der Waals surface area contributed by atoms with Crippen molar-refractivity contribution in [2.24, 2.45) is 0 Å². The van der Waals surface area contributed by atoms with Gasteiger partial charge in [0.2, 0.25) is 5.88 Å². The molecule has 98 valence electrons. The Balaban J connectivity index is 2.46. The Hall–Kier alpha value is -0.850. The molecule has 0 unspecified atom stereocenters. The average molecular weight is 259 g/mol. The van der Waals surface area contributed by atoms with E-state index in [2.05, 4.69) is 10.3 Å². The van der Waals surface area contributed by atoms with Gasteiger partial charge >= 0.3 is 0 Å². The predicted octanol–water partition coefficient (Wildman–Crippen LogP) is 1.08. The van der Waals surface area contributed by atoms with Crippen LogP contribution >= 0.6 is 11.3 Å². The smallest absolute Gasteiger partial charge is 0.230 e. The summed E-state index contributed by atoms with van der Waals surface area (Å²) in [5.41, 5.74) is 0. The molecule has 0 bridgehead atoms. The summed E-state index contributed by atoms with van der Waals surface area (Å²) in [5, 5.41) is 12.9. The van der Waals surface area contributed by atoms with Crippen LogP contribution in [0.3, 0.4) is 0 Å². The van der Waals surface area contributed by atoms with Gasteiger partial charge in [-0.1, -0.05) is 11.3 Å². The molecule has 0 saturated heterocycles. The molecule has 0 radical (unpaired) electrons. The number of ether oxygens (including phenoxy) is 1. The maximum absolute atomic E-state index is 8.67. The lowest BCUT2D eigenvalue weighted by molar-refractivity contribution is 0.283. The topological polar surface area (TPSA) is 57.6 Å². The highest BCUT2D eigenvalue weighted by Gasteiger charge is 2.12. The SMILES string of the molecule is COc1nc(N(C)C)sc1CNCCCCO. The molecular formula is C11H21N3O2S. The molecule has 0 aliphatic rings. The third-order valence-corrected chi connectivity index (χ3v) is 3.48. The summed E-state index contributed by atoms with van der Waals surface area (Å²) >= 11 is 1.63. The molecule has 1 rings (SSSR count). The normalized spacial score (nSPS) is 10.6. The van der Waals surface area contributed by atoms with Crippen LogP contribution in [0.25, 0.3) is 0 Å². The molecule has 0 amide bonds. The van der Waals surface area contributed by atoms with Crippen molar-refractivity contribution in [1.82, 2.24) is 10.3 Å². The highest BCUT2D eigenvalue weighted by Crippen LogP contribution is 2.30. The summed E-state index contributed by atoms with van der Waals surface area (Å²) in [6.45, 7) is 1.93. The average Bonchev–Trinajstić information content (AvgIpc) is 2.72. The number of nitrogens with zero attached hydrogens (tertiary/aromatic N) is 2. The van der Waals surface area contributed by atoms with Gasteiger partial charge in [0.25, 0.3) is 0 Å². The van der Waals surface area contributed by atoms with Gasteiger partial charge in [-0.2, -0.15) is 4.98 Å². The van der Waals surface area contributed by atoms with Crippen LogP contribution in [0.5, 0.6) is 5.88 Å². The molecule has 1 aromatic heterocycles. The zero-order valence-electron chi connectivity index (χ0n) is 10.7. The molecule has 6 heteroatoms. The van der Waals surface area contributed by atoms with Crippen molar-refractivity contribution >= 4 is 16.5 Å². The quantitative estimate of drug-likeness (QED) is 0.684. The van der Waals surface area contributed by atoms with Crippen LogP contribution in [0.15, 0.2) is 0 Å². The summed E-state index contributed by atoms with van der Waals surface area (Å²) in [7, 11) is 5.58. The van der Waals surface area contributed by atoms with Crippen LogP contribution in [0, 0.1) is 0 Å². The van der Waals surface area contributed by atoms with E-state index in [-0.39, 0.29) is 6.61 Å². The summed E-state index contributed by atoms with van der Waals surface area (Å²) in [5.74, 6) is 0.702. The van der Waals surface area contributed by atoms with Crippen molar-refractivity contribution < 1.29 is 9.84 Å². The van der Waals surface area contributed by atoms with Crippen LogP contribution in [0.4, 0.5) is 5.13 Å². The van der Waals surface area contributed by atoms with E-state index in [1.54, 1.807) is 18.4 Å². The third-order valence-electron chi connectivity index (χ3n) is 2.27. The van der Waals surface area contributed by atoms with E-state index in [1.807, 2.05) is 19.0 Å². The standard InChI is InChI=1S/C11H21N3O2S/c1-14(2)11-13-10(16-3)9(17-11)8-12-6-4-5-7-15/h12,15H,4-8H2,1-3H3. The summed E-state index contributed by atoms with van der Waals surface area (Å²) in [6.07, 6.45) is 1.83. The Morgan fingerprint density at radius 1 is 1.41 bits per heavy atom. The number of rotatable bonds is 8. The molecule has 2 N–H and O–H groups in total. The first-order valence-electron chi connectivity index (χ1n) is 5.71. The second-order valence-corrected chi connectivity index (χ2v) is 4.99. The Bertz CT molecular complexity index is 329. The first-order valence-corrected chi connectivity index (χ1v) is 6.53. The van der Waals surface area contributed by atoms with E-state index in [4.69, 9.17) is 9.84 Å². The molecule has 0 aromatic carbocycles. The van der Waals surface area contributed by atoms with E-state index in [9.17, 15) is 0 Å². The minimum Gasteiger partial charge on any atom is -0.480 e. The van der Waals surface area contributed by atoms with Gasteiger partial charge in [0.05, 0.1) is 12.0 Å². The number of hydrogen-bond acceptors (Lipinski definition) is 6. The van der Waals surface area contributed by atoms with Gasteiger partial charge in [-0.05, 0) is 19.4 Å². The summed E-state index contributed by atoms with van der Waals surface area (Å²) in [6, 6.07) is 0. The van der Waals surface area contributed by atoms with E-state index in [1.165, 1.54) is 0 Å². The first kappa shape index (κ1) is 14.2. The Morgan fingerprint density at radius 2 is 2.18 bits per heavy atom. The zero-order valence-corrected chi connectivity index (χ0v) is 11.5. The lowest BCUT2D eigenvalue weighted by Gasteiger charge is -2.05. The number of hydrogen-bond donors (Lipinski definition) is 2. The molecule has 0 saturated carbocycles. The third kappa shape index (κ3) is 4.49. The molecule has 1 aromatic rings. The fourth-order valence-electron chi connectivity index (χ4n) is 1.35. The van der Waals surface area contributed by atoms with Crippen LogP contribution in [-0.2, 0) is 6.54 Å². The van der Waals surface area contributed by atoms with Crippen molar-refractivity contribution in [2.45, 2.75) is 19.4 Å². The molecule has 0 spiro atoms. The van der Waals surface area contributed by atoms with Crippen molar-refractivity contribution in [3.05, 3.63) is 4.88 Å². The molecule has 1 heterocycles. The highest BCUT2D eigenvalue weighted by atomic mass is 32.1. The van der Waals surface area contributed by atoms with Crippen molar-refractivity contribution in [3.63, 3.8) is 0 Å². The Labute approximate surface area is 106 Å². The highest BCUT2D eigenvalue weighted by molar-refractivity contribution is 7.15. The number of anilines is 1. The number of thiazole rings is 1. The Kier molecular flexibility index (Phi) is 6.25. The van der Waals surface area contributed by atoms with Gasteiger partial charge in [0.1, 0.15) is 0 Å². The van der Waals surface area contributed by atoms with E-state index < -0.39 is 0 Å². The molecule has 0 atom stereocenters. The summed E-state index contributed by atoms with van der Waals surface area (Å²) in [4.78, 5) is 7.47. The van der Waals surface area contributed by atoms with Gasteiger partial charge in [0, 0.05) is 27.2 Å². The molecule has 5 nitrogen and oxygen atoms in total. The Morgan fingerprint density at radius 3 is 2.76 bits per heavy atom. The predicted molar refractivity (Wildman–Crippen MR) is 71.0 cm³/mol.